The molecule has 1 heterocycles. The molecular weight excluding hydrogens is 340 g/mol. The third kappa shape index (κ3) is 6.96. The molecule has 6 nitrogen and oxygen atoms in total. The van der Waals surface area contributed by atoms with Gasteiger partial charge in [0.25, 0.3) is 0 Å². The maximum Gasteiger partial charge on any atom is 0.224 e. The largest absolute Gasteiger partial charge is 0.496 e. The second-order valence-electron chi connectivity index (χ2n) is 5.59. The number of anilines is 2. The van der Waals surface area contributed by atoms with Crippen LogP contribution in [-0.4, -0.2) is 23.6 Å². The first-order valence-electron chi connectivity index (χ1n) is 9.69. The standard InChI is InChI=1S/C17H24N4O2.2C2H6/c1-6-19-17-20-9-15(16(18)21-17)23-14-7-11(4)13(22-5)8-12(14)10(2)3;2*1-2/h7-10H,6H2,1-5H3,(H3,18,19,20,21);2*1-2H3. The van der Waals surface area contributed by atoms with Crippen LogP contribution in [0.5, 0.6) is 17.2 Å². The van der Waals surface area contributed by atoms with E-state index in [0.717, 1.165) is 29.2 Å². The highest BCUT2D eigenvalue weighted by molar-refractivity contribution is 5.53. The Kier molecular flexibility index (Phi) is 11.6. The molecule has 1 aromatic carbocycles. The number of hydrogen-bond donors (Lipinski definition) is 2. The number of nitrogens with one attached hydrogen (secondary N) is 1. The smallest absolute Gasteiger partial charge is 0.224 e. The van der Waals surface area contributed by atoms with Gasteiger partial charge in [-0.1, -0.05) is 41.5 Å². The van der Waals surface area contributed by atoms with Crippen LogP contribution in [-0.2, 0) is 0 Å². The molecule has 2 aromatic rings. The summed E-state index contributed by atoms with van der Waals surface area (Å²) in [5, 5.41) is 3.02. The van der Waals surface area contributed by atoms with Gasteiger partial charge in [-0.3, -0.25) is 0 Å². The Hall–Kier alpha value is -2.50. The molecule has 0 aliphatic carbocycles. The van der Waals surface area contributed by atoms with Crippen LogP contribution in [0.3, 0.4) is 0 Å². The molecule has 0 unspecified atom stereocenters. The average Bonchev–Trinajstić information content (AvgIpc) is 2.67. The van der Waals surface area contributed by atoms with Gasteiger partial charge in [-0.05, 0) is 37.5 Å². The van der Waals surface area contributed by atoms with E-state index in [1.54, 1.807) is 13.3 Å². The van der Waals surface area contributed by atoms with Gasteiger partial charge >= 0.3 is 0 Å². The van der Waals surface area contributed by atoms with Crippen LogP contribution in [0.25, 0.3) is 0 Å². The van der Waals surface area contributed by atoms with Gasteiger partial charge in [-0.25, -0.2) is 4.98 Å². The quantitative estimate of drug-likeness (QED) is 0.665. The van der Waals surface area contributed by atoms with Crippen LogP contribution in [0, 0.1) is 6.92 Å². The SMILES string of the molecule is CC.CC.CCNc1ncc(Oc2cc(C)c(OC)cc2C(C)C)c(N)n1. The van der Waals surface area contributed by atoms with Crippen LogP contribution >= 0.6 is 0 Å². The number of ether oxygens (including phenoxy) is 2. The van der Waals surface area contributed by atoms with Gasteiger partial charge in [0.05, 0.1) is 13.3 Å². The van der Waals surface area contributed by atoms with Gasteiger partial charge in [-0.2, -0.15) is 4.98 Å². The van der Waals surface area contributed by atoms with Crippen molar-refractivity contribution in [1.29, 1.82) is 0 Å². The maximum absolute atomic E-state index is 5.98. The number of nitrogens with two attached hydrogens (primary N) is 1. The van der Waals surface area contributed by atoms with Crippen molar-refractivity contribution < 1.29 is 9.47 Å². The van der Waals surface area contributed by atoms with Crippen molar-refractivity contribution in [3.8, 4) is 17.2 Å². The number of benzene rings is 1. The van der Waals surface area contributed by atoms with Crippen molar-refractivity contribution in [2.75, 3.05) is 24.7 Å². The summed E-state index contributed by atoms with van der Waals surface area (Å²) < 4.78 is 11.4. The Balaban J connectivity index is 0.00000158. The summed E-state index contributed by atoms with van der Waals surface area (Å²) in [7, 11) is 1.66. The molecule has 152 valence electrons. The van der Waals surface area contributed by atoms with Crippen molar-refractivity contribution in [2.45, 2.75) is 61.3 Å². The zero-order valence-corrected chi connectivity index (χ0v) is 18.3. The lowest BCUT2D eigenvalue weighted by atomic mass is 10.00. The number of nitrogens with zero attached hydrogens (tertiary/aromatic N) is 2. The molecule has 0 aliphatic rings. The molecule has 0 saturated carbocycles. The predicted molar refractivity (Wildman–Crippen MR) is 115 cm³/mol. The Morgan fingerprint density at radius 3 is 2.19 bits per heavy atom. The van der Waals surface area contributed by atoms with Gasteiger partial charge in [0, 0.05) is 12.1 Å². The van der Waals surface area contributed by atoms with Crippen LogP contribution in [0.15, 0.2) is 18.3 Å². The van der Waals surface area contributed by atoms with E-state index in [2.05, 4.69) is 29.1 Å². The predicted octanol–water partition coefficient (Wildman–Crippen LogP) is 5.78. The molecule has 0 radical (unpaired) electrons. The molecular formula is C21H36N4O2. The summed E-state index contributed by atoms with van der Waals surface area (Å²) in [5.41, 5.74) is 8.02. The zero-order valence-electron chi connectivity index (χ0n) is 18.3. The molecule has 27 heavy (non-hydrogen) atoms. The van der Waals surface area contributed by atoms with Gasteiger partial charge in [0.2, 0.25) is 5.95 Å². The fourth-order valence-electron chi connectivity index (χ4n) is 2.26. The third-order valence-corrected chi connectivity index (χ3v) is 3.49. The van der Waals surface area contributed by atoms with E-state index in [1.807, 2.05) is 53.7 Å². The first-order valence-corrected chi connectivity index (χ1v) is 9.69. The number of methoxy groups -OCH3 is 1. The Bertz CT molecular complexity index is 688. The summed E-state index contributed by atoms with van der Waals surface area (Å²) in [6.07, 6.45) is 1.59. The molecule has 6 heteroatoms. The number of aromatic nitrogens is 2. The molecule has 0 atom stereocenters. The molecule has 2 rings (SSSR count). The van der Waals surface area contributed by atoms with E-state index in [9.17, 15) is 0 Å². The second kappa shape index (κ2) is 12.8. The zero-order chi connectivity index (χ0) is 21.0. The van der Waals surface area contributed by atoms with Crippen LogP contribution in [0.2, 0.25) is 0 Å². The van der Waals surface area contributed by atoms with E-state index in [4.69, 9.17) is 15.2 Å². The highest BCUT2D eigenvalue weighted by Gasteiger charge is 2.15. The lowest BCUT2D eigenvalue weighted by molar-refractivity contribution is 0.407. The van der Waals surface area contributed by atoms with Crippen molar-refractivity contribution in [3.05, 3.63) is 29.5 Å². The van der Waals surface area contributed by atoms with Crippen LogP contribution in [0.1, 0.15) is 65.5 Å². The highest BCUT2D eigenvalue weighted by Crippen LogP contribution is 2.37. The molecule has 0 aliphatic heterocycles. The van der Waals surface area contributed by atoms with Crippen LogP contribution in [0.4, 0.5) is 11.8 Å². The molecule has 0 bridgehead atoms. The van der Waals surface area contributed by atoms with Crippen molar-refractivity contribution in [3.63, 3.8) is 0 Å². The first kappa shape index (κ1) is 24.5. The minimum atomic E-state index is 0.280. The third-order valence-electron chi connectivity index (χ3n) is 3.49. The van der Waals surface area contributed by atoms with E-state index in [-0.39, 0.29) is 5.92 Å². The van der Waals surface area contributed by atoms with E-state index >= 15 is 0 Å². The summed E-state index contributed by atoms with van der Waals surface area (Å²) >= 11 is 0. The molecule has 0 amide bonds. The van der Waals surface area contributed by atoms with Gasteiger partial charge in [-0.15, -0.1) is 0 Å². The molecule has 3 N–H and O–H groups in total. The molecule has 0 saturated heterocycles. The lowest BCUT2D eigenvalue weighted by Crippen LogP contribution is -2.06. The fraction of sp³-hybridized carbons (Fsp3) is 0.524. The Morgan fingerprint density at radius 1 is 1.07 bits per heavy atom. The van der Waals surface area contributed by atoms with E-state index in [0.29, 0.717) is 17.5 Å². The van der Waals surface area contributed by atoms with Gasteiger partial charge in [0.1, 0.15) is 11.5 Å². The van der Waals surface area contributed by atoms with Crippen LogP contribution < -0.4 is 20.5 Å². The normalized spacial score (nSPS) is 9.56. The summed E-state index contributed by atoms with van der Waals surface area (Å²) in [6, 6.07) is 3.95. The topological polar surface area (TPSA) is 82.3 Å². The summed E-state index contributed by atoms with van der Waals surface area (Å²) in [5.74, 6) is 3.10. The maximum atomic E-state index is 5.98. The Labute approximate surface area is 164 Å². The minimum absolute atomic E-state index is 0.280. The second-order valence-corrected chi connectivity index (χ2v) is 5.59. The first-order chi connectivity index (χ1) is 13.0. The average molecular weight is 377 g/mol. The Morgan fingerprint density at radius 2 is 1.70 bits per heavy atom. The van der Waals surface area contributed by atoms with E-state index < -0.39 is 0 Å². The van der Waals surface area contributed by atoms with Crippen molar-refractivity contribution in [2.24, 2.45) is 0 Å². The minimum Gasteiger partial charge on any atom is -0.496 e. The number of nitrogen functional groups attached to an aromatic ring is 1. The number of aryl methyl sites for hydroxylation is 1. The summed E-state index contributed by atoms with van der Waals surface area (Å²) in [4.78, 5) is 8.40. The number of hydrogen-bond acceptors (Lipinski definition) is 6. The monoisotopic (exact) mass is 376 g/mol. The van der Waals surface area contributed by atoms with Gasteiger partial charge < -0.3 is 20.5 Å². The van der Waals surface area contributed by atoms with Gasteiger partial charge in [0.15, 0.2) is 11.6 Å². The fourth-order valence-corrected chi connectivity index (χ4v) is 2.26. The molecule has 0 fully saturated rings. The number of rotatable bonds is 6. The van der Waals surface area contributed by atoms with E-state index in [1.165, 1.54) is 0 Å². The lowest BCUT2D eigenvalue weighted by Gasteiger charge is -2.17. The molecule has 0 spiro atoms. The summed E-state index contributed by atoms with van der Waals surface area (Å²) in [6.45, 7) is 16.9. The molecule has 1 aromatic heterocycles. The highest BCUT2D eigenvalue weighted by atomic mass is 16.5. The van der Waals surface area contributed by atoms with Crippen molar-refractivity contribution in [1.82, 2.24) is 9.97 Å². The van der Waals surface area contributed by atoms with Crippen molar-refractivity contribution >= 4 is 11.8 Å².